The summed E-state index contributed by atoms with van der Waals surface area (Å²) in [6.45, 7) is 8.21. The van der Waals surface area contributed by atoms with E-state index in [1.165, 1.54) is 5.56 Å². The van der Waals surface area contributed by atoms with Crippen LogP contribution >= 0.6 is 22.6 Å². The molecule has 0 atom stereocenters. The third-order valence-corrected chi connectivity index (χ3v) is 4.02. The summed E-state index contributed by atoms with van der Waals surface area (Å²) in [7, 11) is 0. The van der Waals surface area contributed by atoms with E-state index in [0.717, 1.165) is 14.7 Å². The number of esters is 1. The monoisotopic (exact) mass is 318 g/mol. The van der Waals surface area contributed by atoms with Crippen LogP contribution in [0.1, 0.15) is 34.0 Å². The Balaban J connectivity index is 3.29. The third-order valence-electron chi connectivity index (χ3n) is 2.36. The van der Waals surface area contributed by atoms with Crippen LogP contribution in [0, 0.1) is 24.3 Å². The molecular weight excluding hydrogens is 303 g/mol. The summed E-state index contributed by atoms with van der Waals surface area (Å²) in [4.78, 5) is 11.7. The Morgan fingerprint density at radius 1 is 1.33 bits per heavy atom. The minimum absolute atomic E-state index is 0.217. The van der Waals surface area contributed by atoms with E-state index in [4.69, 9.17) is 4.74 Å². The molecule has 0 bridgehead atoms. The average molecular weight is 318 g/mol. The molecule has 0 unspecified atom stereocenters. The smallest absolute Gasteiger partial charge is 0.338 e. The largest absolute Gasteiger partial charge is 0.462 e. The quantitative estimate of drug-likeness (QED) is 0.617. The van der Waals surface area contributed by atoms with E-state index >= 15 is 0 Å². The lowest BCUT2D eigenvalue weighted by Crippen LogP contribution is -2.10. The van der Waals surface area contributed by atoms with E-state index in [0.29, 0.717) is 12.2 Å². The molecule has 0 N–H and O–H groups in total. The van der Waals surface area contributed by atoms with Crippen LogP contribution in [-0.4, -0.2) is 12.6 Å². The highest BCUT2D eigenvalue weighted by Crippen LogP contribution is 2.24. The highest BCUT2D eigenvalue weighted by Gasteiger charge is 2.16. The van der Waals surface area contributed by atoms with Gasteiger partial charge in [0.1, 0.15) is 0 Å². The Morgan fingerprint density at radius 2 is 1.93 bits per heavy atom. The van der Waals surface area contributed by atoms with Crippen LogP contribution in [0.4, 0.5) is 0 Å². The second kappa shape index (κ2) is 4.96. The first-order chi connectivity index (χ1) is 6.99. The second-order valence-corrected chi connectivity index (χ2v) is 4.62. The number of carbonyl (C=O) groups is 1. The summed E-state index contributed by atoms with van der Waals surface area (Å²) in [6, 6.07) is 2.03. The Bertz CT molecular complexity index is 397. The van der Waals surface area contributed by atoms with Crippen molar-refractivity contribution in [1.29, 1.82) is 0 Å². The first-order valence-electron chi connectivity index (χ1n) is 4.92. The number of hydrogen-bond acceptors (Lipinski definition) is 2. The third kappa shape index (κ3) is 2.51. The van der Waals surface area contributed by atoms with Gasteiger partial charge in [-0.25, -0.2) is 4.79 Å². The van der Waals surface area contributed by atoms with Gasteiger partial charge in [0.25, 0.3) is 0 Å². The van der Waals surface area contributed by atoms with Gasteiger partial charge in [-0.3, -0.25) is 0 Å². The zero-order chi connectivity index (χ0) is 11.6. The molecule has 82 valence electrons. The van der Waals surface area contributed by atoms with Crippen molar-refractivity contribution < 1.29 is 9.53 Å². The molecule has 3 heteroatoms. The number of rotatable bonds is 2. The molecule has 0 aromatic heterocycles. The van der Waals surface area contributed by atoms with E-state index in [9.17, 15) is 4.79 Å². The van der Waals surface area contributed by atoms with Crippen LogP contribution in [0.3, 0.4) is 0 Å². The van der Waals surface area contributed by atoms with E-state index in [-0.39, 0.29) is 5.97 Å². The van der Waals surface area contributed by atoms with Gasteiger partial charge in [0.2, 0.25) is 0 Å². The number of ether oxygens (including phenoxy) is 1. The average Bonchev–Trinajstić information content (AvgIpc) is 2.15. The van der Waals surface area contributed by atoms with Crippen LogP contribution in [-0.2, 0) is 4.74 Å². The molecule has 0 amide bonds. The van der Waals surface area contributed by atoms with Crippen LogP contribution in [0.5, 0.6) is 0 Å². The number of aryl methyl sites for hydroxylation is 2. The SMILES string of the molecule is CCOC(=O)c1c(C)cc(C)c(I)c1C. The molecule has 0 saturated carbocycles. The Hall–Kier alpha value is -0.580. The summed E-state index contributed by atoms with van der Waals surface area (Å²) in [6.07, 6.45) is 0. The molecule has 0 heterocycles. The van der Waals surface area contributed by atoms with Crippen LogP contribution in [0.25, 0.3) is 0 Å². The van der Waals surface area contributed by atoms with E-state index in [1.807, 2.05) is 26.8 Å². The molecular formula is C12H15IO2. The molecule has 0 fully saturated rings. The van der Waals surface area contributed by atoms with Crippen molar-refractivity contribution >= 4 is 28.6 Å². The predicted molar refractivity (Wildman–Crippen MR) is 69.3 cm³/mol. The van der Waals surface area contributed by atoms with Gasteiger partial charge in [0.05, 0.1) is 12.2 Å². The Morgan fingerprint density at radius 3 is 2.47 bits per heavy atom. The van der Waals surface area contributed by atoms with Gasteiger partial charge < -0.3 is 4.74 Å². The molecule has 1 aromatic rings. The summed E-state index contributed by atoms with van der Waals surface area (Å²) in [5.74, 6) is -0.217. The van der Waals surface area contributed by atoms with Crippen molar-refractivity contribution in [2.24, 2.45) is 0 Å². The normalized spacial score (nSPS) is 10.2. The van der Waals surface area contributed by atoms with Crippen LogP contribution in [0.15, 0.2) is 6.07 Å². The zero-order valence-electron chi connectivity index (χ0n) is 9.48. The fraction of sp³-hybridized carbons (Fsp3) is 0.417. The van der Waals surface area contributed by atoms with Gasteiger partial charge in [0, 0.05) is 3.57 Å². The number of halogens is 1. The zero-order valence-corrected chi connectivity index (χ0v) is 11.6. The molecule has 1 aromatic carbocycles. The van der Waals surface area contributed by atoms with Crippen molar-refractivity contribution in [3.8, 4) is 0 Å². The summed E-state index contributed by atoms with van der Waals surface area (Å²) in [5.41, 5.74) is 3.93. The van der Waals surface area contributed by atoms with Crippen molar-refractivity contribution in [1.82, 2.24) is 0 Å². The summed E-state index contributed by atoms with van der Waals surface area (Å²) >= 11 is 2.27. The maximum atomic E-state index is 11.7. The minimum Gasteiger partial charge on any atom is -0.462 e. The van der Waals surface area contributed by atoms with Gasteiger partial charge in [-0.1, -0.05) is 6.07 Å². The molecule has 0 saturated heterocycles. The number of carbonyl (C=O) groups excluding carboxylic acids is 1. The highest BCUT2D eigenvalue weighted by molar-refractivity contribution is 14.1. The Kier molecular flexibility index (Phi) is 4.13. The van der Waals surface area contributed by atoms with Gasteiger partial charge >= 0.3 is 5.97 Å². The van der Waals surface area contributed by atoms with Crippen LogP contribution in [0.2, 0.25) is 0 Å². The molecule has 0 aliphatic carbocycles. The highest BCUT2D eigenvalue weighted by atomic mass is 127. The molecule has 0 radical (unpaired) electrons. The first kappa shape index (κ1) is 12.5. The fourth-order valence-corrected chi connectivity index (χ4v) is 2.10. The van der Waals surface area contributed by atoms with Gasteiger partial charge in [0.15, 0.2) is 0 Å². The summed E-state index contributed by atoms with van der Waals surface area (Å²) in [5, 5.41) is 0. The van der Waals surface area contributed by atoms with E-state index in [2.05, 4.69) is 29.5 Å². The fourth-order valence-electron chi connectivity index (χ4n) is 1.68. The van der Waals surface area contributed by atoms with Crippen LogP contribution < -0.4 is 0 Å². The predicted octanol–water partition coefficient (Wildman–Crippen LogP) is 3.39. The standard InChI is InChI=1S/C12H15IO2/c1-5-15-12(14)10-7(2)6-8(3)11(13)9(10)4/h6H,5H2,1-4H3. The topological polar surface area (TPSA) is 26.3 Å². The molecule has 0 aliphatic rings. The molecule has 0 spiro atoms. The van der Waals surface area contributed by atoms with Crippen molar-refractivity contribution in [3.63, 3.8) is 0 Å². The van der Waals surface area contributed by atoms with Gasteiger partial charge in [-0.05, 0) is 67.0 Å². The van der Waals surface area contributed by atoms with E-state index < -0.39 is 0 Å². The minimum atomic E-state index is -0.217. The lowest BCUT2D eigenvalue weighted by atomic mass is 10.00. The Labute approximate surface area is 104 Å². The number of benzene rings is 1. The summed E-state index contributed by atoms with van der Waals surface area (Å²) < 4.78 is 6.18. The van der Waals surface area contributed by atoms with Crippen molar-refractivity contribution in [3.05, 3.63) is 31.9 Å². The molecule has 1 rings (SSSR count). The molecule has 15 heavy (non-hydrogen) atoms. The molecule has 0 aliphatic heterocycles. The van der Waals surface area contributed by atoms with E-state index in [1.54, 1.807) is 0 Å². The first-order valence-corrected chi connectivity index (χ1v) is 6.00. The van der Waals surface area contributed by atoms with Gasteiger partial charge in [-0.15, -0.1) is 0 Å². The maximum Gasteiger partial charge on any atom is 0.338 e. The lowest BCUT2D eigenvalue weighted by Gasteiger charge is -2.12. The molecule has 2 nitrogen and oxygen atoms in total. The lowest BCUT2D eigenvalue weighted by molar-refractivity contribution is 0.0524. The number of hydrogen-bond donors (Lipinski definition) is 0. The maximum absolute atomic E-state index is 11.7. The van der Waals surface area contributed by atoms with Crippen molar-refractivity contribution in [2.75, 3.05) is 6.61 Å². The van der Waals surface area contributed by atoms with Crippen molar-refractivity contribution in [2.45, 2.75) is 27.7 Å². The second-order valence-electron chi connectivity index (χ2n) is 3.54. The van der Waals surface area contributed by atoms with Gasteiger partial charge in [-0.2, -0.15) is 0 Å².